The number of imidazole rings is 1. The van der Waals surface area contributed by atoms with Gasteiger partial charge in [0.05, 0.1) is 24.1 Å². The summed E-state index contributed by atoms with van der Waals surface area (Å²) in [6, 6.07) is 13.5. The van der Waals surface area contributed by atoms with Crippen LogP contribution >= 0.6 is 0 Å². The highest BCUT2D eigenvalue weighted by Gasteiger charge is 2.09. The molecule has 2 aromatic carbocycles. The maximum atomic E-state index is 13.2. The third kappa shape index (κ3) is 3.20. The van der Waals surface area contributed by atoms with Gasteiger partial charge in [0.15, 0.2) is 0 Å². The zero-order valence-corrected chi connectivity index (χ0v) is 11.7. The van der Waals surface area contributed by atoms with Crippen LogP contribution in [0.4, 0.5) is 10.1 Å². The molecule has 0 aliphatic rings. The summed E-state index contributed by atoms with van der Waals surface area (Å²) in [5, 5.41) is 2.86. The van der Waals surface area contributed by atoms with E-state index >= 15 is 0 Å². The highest BCUT2D eigenvalue weighted by Crippen LogP contribution is 2.19. The smallest absolute Gasteiger partial charge is 0.228 e. The summed E-state index contributed by atoms with van der Waals surface area (Å²) in [6.07, 6.45) is 5.26. The van der Waals surface area contributed by atoms with Crippen molar-refractivity contribution in [1.82, 2.24) is 9.55 Å². The average Bonchev–Trinajstić information content (AvgIpc) is 3.02. The van der Waals surface area contributed by atoms with E-state index in [9.17, 15) is 9.18 Å². The van der Waals surface area contributed by atoms with Crippen LogP contribution in [0.25, 0.3) is 5.69 Å². The van der Waals surface area contributed by atoms with Crippen molar-refractivity contribution >= 4 is 11.6 Å². The number of aromatic nitrogens is 2. The van der Waals surface area contributed by atoms with Crippen LogP contribution in [0.15, 0.2) is 67.3 Å². The van der Waals surface area contributed by atoms with E-state index in [-0.39, 0.29) is 18.1 Å². The molecule has 1 N–H and O–H groups in total. The minimum absolute atomic E-state index is 0.121. The highest BCUT2D eigenvalue weighted by molar-refractivity contribution is 5.94. The number of carbonyl (C=O) groups is 1. The summed E-state index contributed by atoms with van der Waals surface area (Å²) >= 11 is 0. The summed E-state index contributed by atoms with van der Waals surface area (Å²) < 4.78 is 15.0. The van der Waals surface area contributed by atoms with Gasteiger partial charge in [0.25, 0.3) is 0 Å². The molecular weight excluding hydrogens is 281 g/mol. The molecule has 0 bridgehead atoms. The number of hydrogen-bond acceptors (Lipinski definition) is 2. The number of halogens is 1. The quantitative estimate of drug-likeness (QED) is 0.803. The summed E-state index contributed by atoms with van der Waals surface area (Å²) in [5.41, 5.74) is 2.15. The molecule has 0 spiro atoms. The number of benzene rings is 2. The number of amides is 1. The van der Waals surface area contributed by atoms with E-state index in [1.165, 1.54) is 12.1 Å². The Morgan fingerprint density at radius 1 is 1.18 bits per heavy atom. The van der Waals surface area contributed by atoms with Gasteiger partial charge in [-0.25, -0.2) is 9.37 Å². The fraction of sp³-hybridized carbons (Fsp3) is 0.0588. The zero-order valence-electron chi connectivity index (χ0n) is 11.7. The van der Waals surface area contributed by atoms with E-state index in [1.807, 2.05) is 28.8 Å². The van der Waals surface area contributed by atoms with Crippen LogP contribution < -0.4 is 5.32 Å². The first-order valence-electron chi connectivity index (χ1n) is 6.84. The van der Waals surface area contributed by atoms with Gasteiger partial charge in [-0.2, -0.15) is 0 Å². The second kappa shape index (κ2) is 6.22. The summed E-state index contributed by atoms with van der Waals surface area (Å²) in [7, 11) is 0. The number of para-hydroxylation sites is 2. The molecule has 0 fully saturated rings. The maximum absolute atomic E-state index is 13.2. The van der Waals surface area contributed by atoms with Crippen LogP contribution in [0.3, 0.4) is 0 Å². The van der Waals surface area contributed by atoms with Crippen LogP contribution in [0, 0.1) is 5.82 Å². The maximum Gasteiger partial charge on any atom is 0.228 e. The molecule has 22 heavy (non-hydrogen) atoms. The normalized spacial score (nSPS) is 10.4. The Balaban J connectivity index is 1.77. The van der Waals surface area contributed by atoms with Gasteiger partial charge < -0.3 is 9.88 Å². The molecule has 1 aromatic heterocycles. The molecule has 0 atom stereocenters. The molecule has 4 nitrogen and oxygen atoms in total. The van der Waals surface area contributed by atoms with E-state index in [1.54, 1.807) is 30.9 Å². The predicted molar refractivity (Wildman–Crippen MR) is 82.3 cm³/mol. The van der Waals surface area contributed by atoms with Crippen LogP contribution in [0.1, 0.15) is 5.56 Å². The molecule has 110 valence electrons. The van der Waals surface area contributed by atoms with Gasteiger partial charge in [-0.05, 0) is 29.8 Å². The van der Waals surface area contributed by atoms with Gasteiger partial charge in [0.2, 0.25) is 5.91 Å². The first-order valence-corrected chi connectivity index (χ1v) is 6.84. The monoisotopic (exact) mass is 295 g/mol. The lowest BCUT2D eigenvalue weighted by Gasteiger charge is -2.11. The molecule has 3 aromatic rings. The molecule has 1 heterocycles. The van der Waals surface area contributed by atoms with E-state index in [0.717, 1.165) is 5.69 Å². The van der Waals surface area contributed by atoms with Crippen molar-refractivity contribution in [1.29, 1.82) is 0 Å². The number of carbonyl (C=O) groups excluding carboxylic acids is 1. The van der Waals surface area contributed by atoms with Crippen molar-refractivity contribution in [3.63, 3.8) is 0 Å². The molecular formula is C17H14FN3O. The third-order valence-electron chi connectivity index (χ3n) is 3.21. The molecule has 1 amide bonds. The Kier molecular flexibility index (Phi) is 3.96. The molecule has 0 saturated carbocycles. The van der Waals surface area contributed by atoms with E-state index in [2.05, 4.69) is 10.3 Å². The van der Waals surface area contributed by atoms with Crippen LogP contribution in [-0.4, -0.2) is 15.5 Å². The number of nitrogens with one attached hydrogen (secondary N) is 1. The Morgan fingerprint density at radius 2 is 2.05 bits per heavy atom. The lowest BCUT2D eigenvalue weighted by Crippen LogP contribution is -2.15. The second-order valence-corrected chi connectivity index (χ2v) is 4.84. The van der Waals surface area contributed by atoms with Crippen LogP contribution in [-0.2, 0) is 11.2 Å². The predicted octanol–water partition coefficient (Wildman–Crippen LogP) is 3.19. The van der Waals surface area contributed by atoms with Gasteiger partial charge in [0.1, 0.15) is 5.82 Å². The number of hydrogen-bond donors (Lipinski definition) is 1. The topological polar surface area (TPSA) is 46.9 Å². The van der Waals surface area contributed by atoms with E-state index < -0.39 is 0 Å². The van der Waals surface area contributed by atoms with Crippen LogP contribution in [0.2, 0.25) is 0 Å². The first kappa shape index (κ1) is 14.0. The largest absolute Gasteiger partial charge is 0.324 e. The molecule has 3 rings (SSSR count). The fourth-order valence-electron chi connectivity index (χ4n) is 2.23. The number of anilines is 1. The Morgan fingerprint density at radius 3 is 2.82 bits per heavy atom. The molecule has 0 unspecified atom stereocenters. The lowest BCUT2D eigenvalue weighted by molar-refractivity contribution is -0.115. The fourth-order valence-corrected chi connectivity index (χ4v) is 2.23. The van der Waals surface area contributed by atoms with E-state index in [4.69, 9.17) is 0 Å². The molecule has 0 aliphatic heterocycles. The Hall–Kier alpha value is -2.95. The number of rotatable bonds is 4. The van der Waals surface area contributed by atoms with E-state index in [0.29, 0.717) is 11.3 Å². The van der Waals surface area contributed by atoms with Crippen molar-refractivity contribution < 1.29 is 9.18 Å². The van der Waals surface area contributed by atoms with Gasteiger partial charge in [-0.3, -0.25) is 4.79 Å². The lowest BCUT2D eigenvalue weighted by atomic mass is 10.1. The van der Waals surface area contributed by atoms with Gasteiger partial charge in [0, 0.05) is 12.4 Å². The Labute approximate surface area is 127 Å². The van der Waals surface area contributed by atoms with Crippen molar-refractivity contribution in [2.45, 2.75) is 6.42 Å². The third-order valence-corrected chi connectivity index (χ3v) is 3.21. The average molecular weight is 295 g/mol. The zero-order chi connectivity index (χ0) is 15.4. The standard InChI is InChI=1S/C17H14FN3O/c18-14-5-3-4-13(10-14)11-17(22)20-15-6-1-2-7-16(15)21-9-8-19-12-21/h1-10,12H,11H2,(H,20,22). The van der Waals surface area contributed by atoms with Crippen molar-refractivity contribution in [3.8, 4) is 5.69 Å². The molecule has 0 saturated heterocycles. The van der Waals surface area contributed by atoms with Crippen LogP contribution in [0.5, 0.6) is 0 Å². The second-order valence-electron chi connectivity index (χ2n) is 4.84. The first-order chi connectivity index (χ1) is 10.7. The molecule has 0 aliphatic carbocycles. The summed E-state index contributed by atoms with van der Waals surface area (Å²) in [6.45, 7) is 0. The Bertz CT molecular complexity index is 784. The van der Waals surface area contributed by atoms with Gasteiger partial charge in [-0.15, -0.1) is 0 Å². The number of nitrogens with zero attached hydrogens (tertiary/aromatic N) is 2. The minimum atomic E-state index is -0.343. The van der Waals surface area contributed by atoms with Gasteiger partial charge in [-0.1, -0.05) is 24.3 Å². The van der Waals surface area contributed by atoms with Crippen molar-refractivity contribution in [2.24, 2.45) is 0 Å². The summed E-state index contributed by atoms with van der Waals surface area (Å²) in [4.78, 5) is 16.2. The van der Waals surface area contributed by atoms with Crippen molar-refractivity contribution in [3.05, 3.63) is 78.6 Å². The van der Waals surface area contributed by atoms with Gasteiger partial charge >= 0.3 is 0 Å². The minimum Gasteiger partial charge on any atom is -0.324 e. The summed E-state index contributed by atoms with van der Waals surface area (Å²) in [5.74, 6) is -0.540. The molecule has 5 heteroatoms. The van der Waals surface area contributed by atoms with Crippen molar-refractivity contribution in [2.75, 3.05) is 5.32 Å². The SMILES string of the molecule is O=C(Cc1cccc(F)c1)Nc1ccccc1-n1ccnc1. The highest BCUT2D eigenvalue weighted by atomic mass is 19.1. The molecule has 0 radical (unpaired) electrons.